The van der Waals surface area contributed by atoms with Gasteiger partial charge in [0, 0.05) is 12.1 Å². The van der Waals surface area contributed by atoms with E-state index >= 15 is 0 Å². The summed E-state index contributed by atoms with van der Waals surface area (Å²) < 4.78 is 12.4. The average Bonchev–Trinajstić information content (AvgIpc) is 3.34. The minimum Gasteiger partial charge on any atom is -0.507 e. The second kappa shape index (κ2) is 14.4. The third-order valence-electron chi connectivity index (χ3n) is 9.95. The van der Waals surface area contributed by atoms with Gasteiger partial charge < -0.3 is 19.5 Å². The number of allylic oxidation sites excluding steroid dienone is 1. The Morgan fingerprint density at radius 1 is 1.04 bits per heavy atom. The van der Waals surface area contributed by atoms with Crippen molar-refractivity contribution in [1.29, 1.82) is 0 Å². The number of aromatic hydroxyl groups is 1. The van der Waals surface area contributed by atoms with Gasteiger partial charge >= 0.3 is 7.12 Å². The van der Waals surface area contributed by atoms with E-state index in [1.807, 2.05) is 56.3 Å². The van der Waals surface area contributed by atoms with Gasteiger partial charge in [-0.3, -0.25) is 19.7 Å². The number of hydrogen-bond acceptors (Lipinski definition) is 8. The summed E-state index contributed by atoms with van der Waals surface area (Å²) in [5.41, 5.74) is 5.56. The number of ether oxygens (including phenoxy) is 1. The molecule has 254 valence electrons. The van der Waals surface area contributed by atoms with Gasteiger partial charge in [0.2, 0.25) is 11.8 Å². The van der Waals surface area contributed by atoms with Gasteiger partial charge in [0.05, 0.1) is 28.6 Å². The molecule has 2 heterocycles. The Bertz CT molecular complexity index is 1800. The molecule has 0 radical (unpaired) electrons. The molecule has 3 aromatic carbocycles. The molecule has 2 fully saturated rings. The lowest BCUT2D eigenvalue weighted by Gasteiger charge is -2.43. The number of para-hydroxylation sites is 1. The zero-order valence-electron chi connectivity index (χ0n) is 28.0. The van der Waals surface area contributed by atoms with Crippen LogP contribution in [-0.4, -0.2) is 46.7 Å². The highest BCUT2D eigenvalue weighted by Gasteiger charge is 2.57. The number of phenols is 1. The first kappa shape index (κ1) is 34.1. The van der Waals surface area contributed by atoms with Crippen molar-refractivity contribution in [2.75, 3.05) is 11.5 Å². The summed E-state index contributed by atoms with van der Waals surface area (Å²) in [6.07, 6.45) is 5.08. The lowest BCUT2D eigenvalue weighted by atomic mass is 9.58. The lowest BCUT2D eigenvalue weighted by Crippen LogP contribution is -2.46. The first-order valence-corrected chi connectivity index (χ1v) is 16.9. The van der Waals surface area contributed by atoms with Gasteiger partial charge in [-0.1, -0.05) is 49.3 Å². The summed E-state index contributed by atoms with van der Waals surface area (Å²) >= 11 is 0. The molecule has 0 unspecified atom stereocenters. The van der Waals surface area contributed by atoms with Crippen LogP contribution in [0.25, 0.3) is 6.08 Å². The first-order chi connectivity index (χ1) is 23.5. The number of anilines is 1. The van der Waals surface area contributed by atoms with E-state index in [2.05, 4.69) is 13.0 Å². The molecule has 3 aliphatic rings. The number of carbonyl (C=O) groups is 2. The normalized spacial score (nSPS) is 22.3. The molecule has 4 atom stereocenters. The zero-order valence-corrected chi connectivity index (χ0v) is 28.0. The van der Waals surface area contributed by atoms with E-state index < -0.39 is 47.7 Å². The van der Waals surface area contributed by atoms with Crippen molar-refractivity contribution in [3.05, 3.63) is 110 Å². The highest BCUT2D eigenvalue weighted by Crippen LogP contribution is 2.51. The van der Waals surface area contributed by atoms with Crippen LogP contribution in [0.2, 0.25) is 6.32 Å². The summed E-state index contributed by atoms with van der Waals surface area (Å²) in [6.45, 7) is 6.08. The minimum absolute atomic E-state index is 0.146. The molecule has 11 heteroatoms. The first-order valence-electron chi connectivity index (χ1n) is 16.9. The summed E-state index contributed by atoms with van der Waals surface area (Å²) in [4.78, 5) is 40.2. The number of phenolic OH excluding ortho intramolecular Hbond substituents is 1. The van der Waals surface area contributed by atoms with Crippen molar-refractivity contribution in [3.63, 3.8) is 0 Å². The fourth-order valence-corrected chi connectivity index (χ4v) is 7.80. The van der Waals surface area contributed by atoms with Crippen LogP contribution in [0.1, 0.15) is 55.7 Å². The maximum Gasteiger partial charge on any atom is 0.455 e. The van der Waals surface area contributed by atoms with Crippen molar-refractivity contribution >= 4 is 36.4 Å². The molecule has 0 spiro atoms. The summed E-state index contributed by atoms with van der Waals surface area (Å²) in [5, 5.41) is 32.8. The molecule has 2 saturated heterocycles. The van der Waals surface area contributed by atoms with E-state index in [9.17, 15) is 29.8 Å². The number of imide groups is 1. The minimum atomic E-state index is -1.13. The zero-order chi connectivity index (χ0) is 34.8. The molecule has 2 N–H and O–H groups in total. The Balaban J connectivity index is 1.34. The Morgan fingerprint density at radius 3 is 2.47 bits per heavy atom. The van der Waals surface area contributed by atoms with Crippen LogP contribution in [0.4, 0.5) is 11.4 Å². The molecule has 0 saturated carbocycles. The molecule has 3 aromatic rings. The van der Waals surface area contributed by atoms with Crippen molar-refractivity contribution < 1.29 is 34.0 Å². The molecule has 0 bridgehead atoms. The Hall–Kier alpha value is -4.74. The summed E-state index contributed by atoms with van der Waals surface area (Å²) in [7, 11) is -1.13. The highest BCUT2D eigenvalue weighted by atomic mass is 16.6. The van der Waals surface area contributed by atoms with E-state index in [4.69, 9.17) is 9.39 Å². The monoisotopic (exact) mass is 664 g/mol. The number of non-ortho nitro benzene ring substituents is 1. The summed E-state index contributed by atoms with van der Waals surface area (Å²) in [5.74, 6) is -1.77. The Kier molecular flexibility index (Phi) is 10.0. The van der Waals surface area contributed by atoms with Gasteiger partial charge in [0.15, 0.2) is 0 Å². The largest absolute Gasteiger partial charge is 0.507 e. The molecule has 0 aromatic heterocycles. The fraction of sp³-hybridized carbons (Fsp3) is 0.368. The molecule has 49 heavy (non-hydrogen) atoms. The molecular weight excluding hydrogens is 623 g/mol. The van der Waals surface area contributed by atoms with Crippen molar-refractivity contribution in [2.24, 2.45) is 17.8 Å². The van der Waals surface area contributed by atoms with E-state index in [-0.39, 0.29) is 30.7 Å². The Morgan fingerprint density at radius 2 is 1.78 bits per heavy atom. The van der Waals surface area contributed by atoms with Crippen LogP contribution >= 0.6 is 0 Å². The second-order valence-corrected chi connectivity index (χ2v) is 13.3. The number of nitrogens with zero attached hydrogens (tertiary/aromatic N) is 2. The number of nitro groups is 1. The van der Waals surface area contributed by atoms with Crippen molar-refractivity contribution in [2.45, 2.75) is 65.3 Å². The van der Waals surface area contributed by atoms with Crippen molar-refractivity contribution in [1.82, 2.24) is 0 Å². The SMILES string of the molecule is CCC/C(=C\c1cc(C)c(O)c(C)c1)CC[C@H]1OB(O)C[C@H]2C1=C(COc1ccccc1)C[C@H]1C(=O)N(c3cccc([N+](=O)[O-])c3)C(=O)[C@H]12. The highest BCUT2D eigenvalue weighted by molar-refractivity contribution is 6.43. The summed E-state index contributed by atoms with van der Waals surface area (Å²) in [6, 6.07) is 18.9. The number of nitro benzene ring substituents is 1. The van der Waals surface area contributed by atoms with Gasteiger partial charge in [-0.2, -0.15) is 0 Å². The van der Waals surface area contributed by atoms with Gasteiger partial charge in [-0.15, -0.1) is 0 Å². The quantitative estimate of drug-likeness (QED) is 0.0738. The maximum atomic E-state index is 14.2. The number of rotatable bonds is 11. The number of amides is 2. The van der Waals surface area contributed by atoms with Gasteiger partial charge in [0.25, 0.3) is 5.69 Å². The van der Waals surface area contributed by atoms with Gasteiger partial charge in [-0.05, 0) is 110 Å². The molecule has 10 nitrogen and oxygen atoms in total. The standard InChI is InChI=1S/C38H41BN2O8/c1-4-9-25(18-26-16-23(2)36(42)24(3)17-26)14-15-33-34-27(22-48-30-12-6-5-7-13-30)19-31-35(32(34)21-39(45)49-33)38(44)40(37(31)43)28-10-8-11-29(20-28)41(46)47/h5-8,10-13,16-18,20,31-33,35,42,45H,4,9,14-15,19,21-22H2,1-3H3/b25-18+/t31-,32+,33-,35-/m1/s1. The maximum absolute atomic E-state index is 14.2. The number of carbonyl (C=O) groups excluding carboxylic acids is 2. The lowest BCUT2D eigenvalue weighted by molar-refractivity contribution is -0.384. The molecule has 2 amide bonds. The molecule has 6 rings (SSSR count). The Labute approximate surface area is 286 Å². The number of aryl methyl sites for hydroxylation is 2. The number of hydrogen-bond donors (Lipinski definition) is 2. The van der Waals surface area contributed by atoms with E-state index in [1.54, 1.807) is 0 Å². The smallest absolute Gasteiger partial charge is 0.455 e. The van der Waals surface area contributed by atoms with Crippen LogP contribution in [0.15, 0.2) is 83.4 Å². The third kappa shape index (κ3) is 7.04. The number of fused-ring (bicyclic) bond motifs is 3. The molecular formula is C38H41BN2O8. The van der Waals surface area contributed by atoms with E-state index in [0.717, 1.165) is 45.6 Å². The van der Waals surface area contributed by atoms with Crippen molar-refractivity contribution in [3.8, 4) is 11.5 Å². The van der Waals surface area contributed by atoms with Crippen LogP contribution < -0.4 is 9.64 Å². The van der Waals surface area contributed by atoms with E-state index in [0.29, 0.717) is 24.3 Å². The van der Waals surface area contributed by atoms with Crippen LogP contribution in [0.3, 0.4) is 0 Å². The van der Waals surface area contributed by atoms with Gasteiger partial charge in [0.1, 0.15) is 18.1 Å². The predicted molar refractivity (Wildman–Crippen MR) is 187 cm³/mol. The topological polar surface area (TPSA) is 139 Å². The second-order valence-electron chi connectivity index (χ2n) is 13.3. The van der Waals surface area contributed by atoms with Gasteiger partial charge in [-0.25, -0.2) is 4.90 Å². The average molecular weight is 665 g/mol. The fourth-order valence-electron chi connectivity index (χ4n) is 7.80. The van der Waals surface area contributed by atoms with Crippen LogP contribution in [-0.2, 0) is 14.2 Å². The van der Waals surface area contributed by atoms with E-state index in [1.165, 1.54) is 29.8 Å². The third-order valence-corrected chi connectivity index (χ3v) is 9.95. The number of benzene rings is 3. The van der Waals surface area contributed by atoms with Crippen LogP contribution in [0, 0.1) is 41.7 Å². The molecule has 2 aliphatic heterocycles. The van der Waals surface area contributed by atoms with Crippen LogP contribution in [0.5, 0.6) is 11.5 Å². The molecule has 1 aliphatic carbocycles. The predicted octanol–water partition coefficient (Wildman–Crippen LogP) is 6.96.